The highest BCUT2D eigenvalue weighted by Gasteiger charge is 2.23. The number of amides is 1. The lowest BCUT2D eigenvalue weighted by molar-refractivity contribution is -0.111. The molecule has 0 radical (unpaired) electrons. The lowest BCUT2D eigenvalue weighted by Gasteiger charge is -2.14. The Balaban J connectivity index is 2.59. The van der Waals surface area contributed by atoms with Gasteiger partial charge in [-0.3, -0.25) is 4.79 Å². The number of nitrogens with two attached hydrogens (primary N) is 1. The summed E-state index contributed by atoms with van der Waals surface area (Å²) < 4.78 is 11.5. The molecule has 2 heterocycles. The molecule has 5 nitrogen and oxygen atoms in total. The van der Waals surface area contributed by atoms with Crippen molar-refractivity contribution in [3.05, 3.63) is 12.3 Å². The first kappa shape index (κ1) is 8.06. The van der Waals surface area contributed by atoms with Gasteiger partial charge in [-0.1, -0.05) is 0 Å². The first-order valence-corrected chi connectivity index (χ1v) is 4.77. The topological polar surface area (TPSA) is 75.8 Å². The Morgan fingerprint density at radius 3 is 3.08 bits per heavy atom. The molecule has 0 aromatic heterocycles. The summed E-state index contributed by atoms with van der Waals surface area (Å²) in [5.74, 6) is -0.621. The van der Waals surface area contributed by atoms with Crippen LogP contribution in [0.4, 0.5) is 0 Å². The van der Waals surface area contributed by atoms with Gasteiger partial charge >= 0.3 is 0 Å². The van der Waals surface area contributed by atoms with Crippen molar-refractivity contribution < 1.29 is 9.00 Å². The maximum atomic E-state index is 11.5. The van der Waals surface area contributed by atoms with E-state index in [1.54, 1.807) is 17.2 Å². The molecule has 0 aliphatic carbocycles. The normalized spacial score (nSPS) is 19.7. The van der Waals surface area contributed by atoms with E-state index >= 15 is 0 Å². The summed E-state index contributed by atoms with van der Waals surface area (Å²) in [5, 5.41) is 0.385. The molecule has 13 heavy (non-hydrogen) atoms. The van der Waals surface area contributed by atoms with Gasteiger partial charge in [0.1, 0.15) is 4.86 Å². The zero-order chi connectivity index (χ0) is 9.42. The second kappa shape index (κ2) is 2.74. The molecule has 0 saturated heterocycles. The molecule has 1 amide bonds. The molecule has 0 aromatic carbocycles. The highest BCUT2D eigenvalue weighted by molar-refractivity contribution is 7.86. The van der Waals surface area contributed by atoms with E-state index in [-0.39, 0.29) is 11.4 Å². The predicted octanol–water partition coefficient (Wildman–Crippen LogP) is -1.61. The summed E-state index contributed by atoms with van der Waals surface area (Å²) in [4.78, 5) is 16.6. The van der Waals surface area contributed by atoms with Gasteiger partial charge in [0.15, 0.2) is 0 Å². The third kappa shape index (κ3) is 1.15. The molecule has 0 atom stereocenters. The van der Waals surface area contributed by atoms with Gasteiger partial charge in [0.2, 0.25) is 5.11 Å². The number of fused-ring (bicyclic) bond motifs is 1. The maximum Gasteiger partial charge on any atom is 0.258 e. The number of hydrogen-bond acceptors (Lipinski definition) is 4. The molecule has 2 aliphatic heterocycles. The minimum Gasteiger partial charge on any atom is -0.365 e. The highest BCUT2D eigenvalue weighted by atomic mass is 32.1. The Morgan fingerprint density at radius 2 is 2.46 bits per heavy atom. The van der Waals surface area contributed by atoms with Gasteiger partial charge < -0.3 is 10.6 Å². The zero-order valence-corrected chi connectivity index (χ0v) is 7.45. The largest absolute Gasteiger partial charge is 0.365 e. The molecule has 2 N–H and O–H groups in total. The molecule has 6 heteroatoms. The van der Waals surface area contributed by atoms with E-state index in [1.807, 2.05) is 0 Å². The second-order valence-corrected chi connectivity index (χ2v) is 3.98. The smallest absolute Gasteiger partial charge is 0.258 e. The van der Waals surface area contributed by atoms with Crippen molar-refractivity contribution >= 4 is 32.1 Å². The van der Waals surface area contributed by atoms with Crippen molar-refractivity contribution in [1.82, 2.24) is 4.90 Å². The standard InChI is InChI=1S/C7H7N3O2S/c8-6(11)5-4-10-3-1-2-9-7(10)13(5)12/h1-3H,4H2,(H2,8,11). The Labute approximate surface area is 76.2 Å². The quantitative estimate of drug-likeness (QED) is 0.514. The molecule has 0 spiro atoms. The monoisotopic (exact) mass is 197 g/mol. The first-order chi connectivity index (χ1) is 6.20. The van der Waals surface area contributed by atoms with Gasteiger partial charge in [0, 0.05) is 12.4 Å². The summed E-state index contributed by atoms with van der Waals surface area (Å²) in [6.45, 7) is 0.283. The van der Waals surface area contributed by atoms with Crippen LogP contribution in [0.2, 0.25) is 0 Å². The van der Waals surface area contributed by atoms with Gasteiger partial charge in [-0.05, 0) is 6.08 Å². The lowest BCUT2D eigenvalue weighted by Crippen LogP contribution is -2.31. The van der Waals surface area contributed by atoms with Crippen LogP contribution in [-0.2, 0) is 14.8 Å². The maximum absolute atomic E-state index is 11.5. The average molecular weight is 197 g/mol. The third-order valence-corrected chi connectivity index (χ3v) is 3.21. The molecular weight excluding hydrogens is 190 g/mol. The van der Waals surface area contributed by atoms with Gasteiger partial charge in [0.25, 0.3) is 5.91 Å². The molecule has 0 unspecified atom stereocenters. The van der Waals surface area contributed by atoms with E-state index in [9.17, 15) is 9.00 Å². The summed E-state index contributed by atoms with van der Waals surface area (Å²) in [6.07, 6.45) is 4.97. The molecule has 0 fully saturated rings. The fraction of sp³-hybridized carbons (Fsp3) is 0.143. The molecule has 68 valence electrons. The molecule has 2 rings (SSSR count). The Hall–Kier alpha value is -1.56. The summed E-state index contributed by atoms with van der Waals surface area (Å²) in [6, 6.07) is 0. The Kier molecular flexibility index (Phi) is 1.70. The van der Waals surface area contributed by atoms with E-state index in [0.29, 0.717) is 5.11 Å². The van der Waals surface area contributed by atoms with Crippen molar-refractivity contribution in [1.29, 1.82) is 0 Å². The van der Waals surface area contributed by atoms with Crippen LogP contribution in [-0.4, -0.2) is 37.8 Å². The number of nitrogens with zero attached hydrogens (tertiary/aromatic N) is 2. The predicted molar refractivity (Wildman–Crippen MR) is 51.7 cm³/mol. The SMILES string of the molecule is NC(=O)C1=S(=O)=C2N=CC=CN2C1. The highest BCUT2D eigenvalue weighted by Crippen LogP contribution is 2.04. The first-order valence-electron chi connectivity index (χ1n) is 3.62. The lowest BCUT2D eigenvalue weighted by atomic mass is 10.4. The number of carbonyl (C=O) groups is 1. The van der Waals surface area contributed by atoms with Crippen LogP contribution in [0.25, 0.3) is 0 Å². The number of hydrogen-bond donors (Lipinski definition) is 1. The Bertz CT molecular complexity index is 472. The minimum absolute atomic E-state index is 0.207. The van der Waals surface area contributed by atoms with Crippen LogP contribution in [0.15, 0.2) is 17.3 Å². The van der Waals surface area contributed by atoms with E-state index < -0.39 is 15.9 Å². The minimum atomic E-state index is -1.47. The Morgan fingerprint density at radius 1 is 1.69 bits per heavy atom. The molecular formula is C7H7N3O2S. The van der Waals surface area contributed by atoms with Crippen LogP contribution in [0, 0.1) is 0 Å². The zero-order valence-electron chi connectivity index (χ0n) is 6.64. The molecule has 0 saturated carbocycles. The van der Waals surface area contributed by atoms with Crippen molar-refractivity contribution in [2.24, 2.45) is 10.7 Å². The van der Waals surface area contributed by atoms with Gasteiger partial charge in [0.05, 0.1) is 16.5 Å². The van der Waals surface area contributed by atoms with Gasteiger partial charge in [-0.25, -0.2) is 9.20 Å². The fourth-order valence-corrected chi connectivity index (χ4v) is 2.31. The second-order valence-electron chi connectivity index (χ2n) is 2.59. The van der Waals surface area contributed by atoms with Crippen molar-refractivity contribution in [2.75, 3.05) is 6.54 Å². The van der Waals surface area contributed by atoms with Crippen LogP contribution in [0.1, 0.15) is 0 Å². The fourth-order valence-electron chi connectivity index (χ4n) is 1.15. The number of primary amides is 1. The molecule has 0 aromatic rings. The van der Waals surface area contributed by atoms with Crippen LogP contribution in [0.5, 0.6) is 0 Å². The number of rotatable bonds is 1. The number of carbonyl (C=O) groups excluding carboxylic acids is 1. The third-order valence-electron chi connectivity index (χ3n) is 1.76. The van der Waals surface area contributed by atoms with E-state index in [2.05, 4.69) is 4.99 Å². The molecule has 2 aliphatic rings. The van der Waals surface area contributed by atoms with Crippen LogP contribution in [0.3, 0.4) is 0 Å². The van der Waals surface area contributed by atoms with Gasteiger partial charge in [-0.2, -0.15) is 0 Å². The number of aliphatic imine (C=N–C) groups is 1. The van der Waals surface area contributed by atoms with Crippen molar-refractivity contribution in [3.8, 4) is 0 Å². The van der Waals surface area contributed by atoms with Crippen LogP contribution >= 0.6 is 0 Å². The summed E-state index contributed by atoms with van der Waals surface area (Å²) in [5.41, 5.74) is 5.06. The summed E-state index contributed by atoms with van der Waals surface area (Å²) >= 11 is 0. The van der Waals surface area contributed by atoms with E-state index in [1.165, 1.54) is 6.21 Å². The van der Waals surface area contributed by atoms with E-state index in [4.69, 9.17) is 5.73 Å². The van der Waals surface area contributed by atoms with Crippen molar-refractivity contribution in [2.45, 2.75) is 0 Å². The van der Waals surface area contributed by atoms with E-state index in [0.717, 1.165) is 0 Å². The van der Waals surface area contributed by atoms with Gasteiger partial charge in [-0.15, -0.1) is 0 Å². The van der Waals surface area contributed by atoms with Crippen LogP contribution < -0.4 is 5.73 Å². The number of allylic oxidation sites excluding steroid dienone is 1. The molecule has 0 bridgehead atoms. The summed E-state index contributed by atoms with van der Waals surface area (Å²) in [7, 11) is -1.47. The van der Waals surface area contributed by atoms with Crippen molar-refractivity contribution in [3.63, 3.8) is 0 Å². The average Bonchev–Trinajstić information content (AvgIpc) is 2.45.